The van der Waals surface area contributed by atoms with E-state index in [0.717, 1.165) is 5.56 Å². The Morgan fingerprint density at radius 1 is 1.14 bits per heavy atom. The maximum absolute atomic E-state index is 13.5. The lowest BCUT2D eigenvalue weighted by Crippen LogP contribution is -2.14. The Balaban J connectivity index is 1.69. The first-order valence-corrected chi connectivity index (χ1v) is 9.48. The monoisotopic (exact) mass is 394 g/mol. The number of carbonyl (C=O) groups is 1. The third kappa shape index (κ3) is 5.94. The molecule has 5 nitrogen and oxygen atoms in total. The molecule has 0 saturated heterocycles. The number of rotatable bonds is 8. The molecule has 29 heavy (non-hydrogen) atoms. The van der Waals surface area contributed by atoms with Crippen molar-refractivity contribution in [3.05, 3.63) is 83.8 Å². The van der Waals surface area contributed by atoms with Gasteiger partial charge in [0.25, 0.3) is 5.91 Å². The molecule has 2 N–H and O–H groups in total. The molecule has 2 aromatic carbocycles. The minimum atomic E-state index is -0.798. The SMILES string of the molecule is CCOC(O)CCc1cccc(NC(=O)c2cccc(-c3cccc(F)c3)n2)c1. The lowest BCUT2D eigenvalue weighted by atomic mass is 10.1. The Morgan fingerprint density at radius 3 is 2.72 bits per heavy atom. The minimum Gasteiger partial charge on any atom is -0.368 e. The first kappa shape index (κ1) is 20.6. The number of aromatic nitrogens is 1. The summed E-state index contributed by atoms with van der Waals surface area (Å²) in [6.45, 7) is 2.29. The molecule has 0 bridgehead atoms. The van der Waals surface area contributed by atoms with Crippen LogP contribution < -0.4 is 5.32 Å². The number of hydrogen-bond acceptors (Lipinski definition) is 4. The second kappa shape index (κ2) is 9.91. The van der Waals surface area contributed by atoms with Crippen LogP contribution in [0.4, 0.5) is 10.1 Å². The second-order valence-corrected chi connectivity index (χ2v) is 6.52. The number of benzene rings is 2. The smallest absolute Gasteiger partial charge is 0.274 e. The number of aliphatic hydroxyl groups excluding tert-OH is 1. The third-order valence-electron chi connectivity index (χ3n) is 4.33. The molecule has 3 aromatic rings. The van der Waals surface area contributed by atoms with Crippen molar-refractivity contribution in [2.24, 2.45) is 0 Å². The molecular weight excluding hydrogens is 371 g/mol. The topological polar surface area (TPSA) is 71.5 Å². The second-order valence-electron chi connectivity index (χ2n) is 6.52. The number of pyridine rings is 1. The molecule has 0 saturated carbocycles. The van der Waals surface area contributed by atoms with Gasteiger partial charge in [-0.2, -0.15) is 0 Å². The van der Waals surface area contributed by atoms with E-state index in [1.807, 2.05) is 25.1 Å². The molecule has 0 aliphatic rings. The Kier molecular flexibility index (Phi) is 7.05. The van der Waals surface area contributed by atoms with Gasteiger partial charge in [-0.1, -0.05) is 30.3 Å². The van der Waals surface area contributed by atoms with Crippen molar-refractivity contribution in [3.63, 3.8) is 0 Å². The molecule has 1 amide bonds. The van der Waals surface area contributed by atoms with Crippen molar-refractivity contribution in [2.45, 2.75) is 26.1 Å². The van der Waals surface area contributed by atoms with E-state index >= 15 is 0 Å². The van der Waals surface area contributed by atoms with Crippen LogP contribution in [0.1, 0.15) is 29.4 Å². The highest BCUT2D eigenvalue weighted by Crippen LogP contribution is 2.19. The van der Waals surface area contributed by atoms with Gasteiger partial charge in [-0.25, -0.2) is 9.37 Å². The van der Waals surface area contributed by atoms with Crippen molar-refractivity contribution < 1.29 is 19.0 Å². The van der Waals surface area contributed by atoms with Crippen LogP contribution in [-0.4, -0.2) is 28.9 Å². The fraction of sp³-hybridized carbons (Fsp3) is 0.217. The van der Waals surface area contributed by atoms with Crippen LogP contribution in [0.15, 0.2) is 66.7 Å². The van der Waals surface area contributed by atoms with E-state index in [9.17, 15) is 14.3 Å². The first-order chi connectivity index (χ1) is 14.0. The highest BCUT2D eigenvalue weighted by molar-refractivity contribution is 6.03. The zero-order valence-electron chi connectivity index (χ0n) is 16.1. The Labute approximate surface area is 169 Å². The summed E-state index contributed by atoms with van der Waals surface area (Å²) < 4.78 is 18.6. The number of aryl methyl sites for hydroxylation is 1. The van der Waals surface area contributed by atoms with Crippen LogP contribution in [-0.2, 0) is 11.2 Å². The molecule has 1 unspecified atom stereocenters. The Bertz CT molecular complexity index is 978. The number of anilines is 1. The number of ether oxygens (including phenoxy) is 1. The molecule has 0 radical (unpaired) electrons. The van der Waals surface area contributed by atoms with Gasteiger partial charge >= 0.3 is 0 Å². The average molecular weight is 394 g/mol. The molecule has 1 atom stereocenters. The van der Waals surface area contributed by atoms with E-state index in [1.165, 1.54) is 12.1 Å². The van der Waals surface area contributed by atoms with Crippen LogP contribution in [0.5, 0.6) is 0 Å². The number of hydrogen-bond donors (Lipinski definition) is 2. The molecule has 0 spiro atoms. The molecule has 6 heteroatoms. The van der Waals surface area contributed by atoms with Crippen LogP contribution in [0, 0.1) is 5.82 Å². The van der Waals surface area contributed by atoms with E-state index in [2.05, 4.69) is 10.3 Å². The first-order valence-electron chi connectivity index (χ1n) is 9.48. The lowest BCUT2D eigenvalue weighted by Gasteiger charge is -2.11. The minimum absolute atomic E-state index is 0.240. The molecule has 3 rings (SSSR count). The summed E-state index contributed by atoms with van der Waals surface area (Å²) in [4.78, 5) is 17.0. The van der Waals surface area contributed by atoms with E-state index in [4.69, 9.17) is 4.74 Å². The number of amides is 1. The fourth-order valence-electron chi connectivity index (χ4n) is 2.94. The summed E-state index contributed by atoms with van der Waals surface area (Å²) in [5, 5.41) is 12.5. The van der Waals surface area contributed by atoms with Crippen molar-refractivity contribution in [3.8, 4) is 11.3 Å². The van der Waals surface area contributed by atoms with Gasteiger partial charge in [-0.15, -0.1) is 0 Å². The predicted octanol–water partition coefficient (Wildman–Crippen LogP) is 4.43. The molecule has 150 valence electrons. The fourth-order valence-corrected chi connectivity index (χ4v) is 2.94. The quantitative estimate of drug-likeness (QED) is 0.555. The van der Waals surface area contributed by atoms with Crippen molar-refractivity contribution in [2.75, 3.05) is 11.9 Å². The summed E-state index contributed by atoms with van der Waals surface area (Å²) in [5.41, 5.74) is 2.98. The van der Waals surface area contributed by atoms with Gasteiger partial charge in [0.05, 0.1) is 5.69 Å². The highest BCUT2D eigenvalue weighted by Gasteiger charge is 2.11. The standard InChI is InChI=1S/C23H23FN2O3/c1-2-29-22(27)13-12-16-6-3-9-19(14-16)25-23(28)21-11-5-10-20(26-21)17-7-4-8-18(24)15-17/h3-11,14-15,22,27H,2,12-13H2,1H3,(H,25,28). The van der Waals surface area contributed by atoms with Gasteiger partial charge in [0.1, 0.15) is 11.5 Å². The summed E-state index contributed by atoms with van der Waals surface area (Å²) >= 11 is 0. The van der Waals surface area contributed by atoms with E-state index in [1.54, 1.807) is 36.4 Å². The van der Waals surface area contributed by atoms with Gasteiger partial charge in [0.15, 0.2) is 6.29 Å². The van der Waals surface area contributed by atoms with Crippen LogP contribution in [0.2, 0.25) is 0 Å². The molecular formula is C23H23FN2O3. The number of nitrogens with zero attached hydrogens (tertiary/aromatic N) is 1. The molecule has 0 aliphatic carbocycles. The Hall–Kier alpha value is -3.09. The highest BCUT2D eigenvalue weighted by atomic mass is 19.1. The zero-order chi connectivity index (χ0) is 20.6. The number of halogens is 1. The lowest BCUT2D eigenvalue weighted by molar-refractivity contribution is -0.0980. The van der Waals surface area contributed by atoms with Crippen molar-refractivity contribution in [1.82, 2.24) is 4.98 Å². The maximum Gasteiger partial charge on any atom is 0.274 e. The summed E-state index contributed by atoms with van der Waals surface area (Å²) in [7, 11) is 0. The largest absolute Gasteiger partial charge is 0.368 e. The van der Waals surface area contributed by atoms with Crippen LogP contribution in [0.3, 0.4) is 0 Å². The number of aliphatic hydroxyl groups is 1. The van der Waals surface area contributed by atoms with Crippen LogP contribution >= 0.6 is 0 Å². The summed E-state index contributed by atoms with van der Waals surface area (Å²) in [6, 6.07) is 18.6. The van der Waals surface area contributed by atoms with Crippen LogP contribution in [0.25, 0.3) is 11.3 Å². The Morgan fingerprint density at radius 2 is 1.93 bits per heavy atom. The average Bonchev–Trinajstić information content (AvgIpc) is 2.73. The van der Waals surface area contributed by atoms with Crippen molar-refractivity contribution in [1.29, 1.82) is 0 Å². The van der Waals surface area contributed by atoms with Gasteiger partial charge in [0.2, 0.25) is 0 Å². The predicted molar refractivity (Wildman–Crippen MR) is 110 cm³/mol. The van der Waals surface area contributed by atoms with E-state index < -0.39 is 6.29 Å². The molecule has 0 fully saturated rings. The van der Waals surface area contributed by atoms with E-state index in [0.29, 0.717) is 36.4 Å². The zero-order valence-corrected chi connectivity index (χ0v) is 16.1. The van der Waals surface area contributed by atoms with Gasteiger partial charge in [-0.3, -0.25) is 4.79 Å². The molecule has 0 aliphatic heterocycles. The molecule has 1 aromatic heterocycles. The summed E-state index contributed by atoms with van der Waals surface area (Å²) in [6.07, 6.45) is 0.300. The maximum atomic E-state index is 13.5. The normalized spacial score (nSPS) is 11.8. The summed E-state index contributed by atoms with van der Waals surface area (Å²) in [5.74, 6) is -0.708. The van der Waals surface area contributed by atoms with Gasteiger partial charge in [0, 0.05) is 24.3 Å². The van der Waals surface area contributed by atoms with Gasteiger partial charge in [-0.05, 0) is 55.3 Å². The third-order valence-corrected chi connectivity index (χ3v) is 4.33. The number of nitrogens with one attached hydrogen (secondary N) is 1. The number of carbonyl (C=O) groups excluding carboxylic acids is 1. The van der Waals surface area contributed by atoms with E-state index in [-0.39, 0.29) is 17.4 Å². The van der Waals surface area contributed by atoms with Gasteiger partial charge < -0.3 is 15.2 Å². The molecule has 1 heterocycles. The van der Waals surface area contributed by atoms with Crippen molar-refractivity contribution >= 4 is 11.6 Å².